The van der Waals surface area contributed by atoms with Gasteiger partial charge in [0.05, 0.1) is 15.9 Å². The second-order valence-corrected chi connectivity index (χ2v) is 6.51. The molecular weight excluding hydrogens is 395 g/mol. The summed E-state index contributed by atoms with van der Waals surface area (Å²) in [6.07, 6.45) is -4.54. The number of fused-ring (bicyclic) bond motifs is 2. The van der Waals surface area contributed by atoms with Crippen molar-refractivity contribution < 1.29 is 13.2 Å². The van der Waals surface area contributed by atoms with Crippen LogP contribution in [0.2, 0.25) is 0 Å². The van der Waals surface area contributed by atoms with Crippen molar-refractivity contribution in [2.75, 3.05) is 0 Å². The number of aromatic nitrogens is 3. The van der Waals surface area contributed by atoms with E-state index in [-0.39, 0.29) is 11.3 Å². The van der Waals surface area contributed by atoms with Gasteiger partial charge in [0, 0.05) is 5.56 Å². The molecule has 0 aliphatic carbocycles. The van der Waals surface area contributed by atoms with Crippen LogP contribution in [0.1, 0.15) is 11.4 Å². The molecule has 0 aliphatic rings. The molecule has 0 amide bonds. The van der Waals surface area contributed by atoms with E-state index in [1.165, 1.54) is 0 Å². The Bertz CT molecular complexity index is 1120. The fourth-order valence-corrected chi connectivity index (χ4v) is 3.13. The first-order valence-corrected chi connectivity index (χ1v) is 8.26. The van der Waals surface area contributed by atoms with Gasteiger partial charge >= 0.3 is 6.18 Å². The molecule has 0 radical (unpaired) electrons. The zero-order valence-corrected chi connectivity index (χ0v) is 14.6. The molecule has 0 saturated heterocycles. The third-order valence-electron chi connectivity index (χ3n) is 4.03. The lowest BCUT2D eigenvalue weighted by Crippen LogP contribution is -2.13. The van der Waals surface area contributed by atoms with E-state index < -0.39 is 11.9 Å². The molecule has 0 spiro atoms. The Morgan fingerprint density at radius 3 is 2.44 bits per heavy atom. The molecule has 0 bridgehead atoms. The van der Waals surface area contributed by atoms with Crippen molar-refractivity contribution in [2.45, 2.75) is 13.1 Å². The van der Waals surface area contributed by atoms with Crippen LogP contribution in [0.3, 0.4) is 0 Å². The second kappa shape index (κ2) is 5.56. The van der Waals surface area contributed by atoms with Crippen LogP contribution in [0.25, 0.3) is 27.7 Å². The molecule has 7 heteroatoms. The SMILES string of the molecule is Cc1nn2c(C(F)(F)F)cc(-c3ccc4ccccc4c3)nc2c1Br. The van der Waals surface area contributed by atoms with E-state index in [0.29, 0.717) is 15.7 Å². The standard InChI is InChI=1S/C18H11BrF3N3/c1-10-16(19)17-23-14(9-15(18(20,21)22)25(17)24-10)13-7-6-11-4-2-3-5-12(11)8-13/h2-9H,1H3. The first-order chi connectivity index (χ1) is 11.8. The van der Waals surface area contributed by atoms with E-state index in [0.717, 1.165) is 21.4 Å². The van der Waals surface area contributed by atoms with E-state index in [9.17, 15) is 13.2 Å². The second-order valence-electron chi connectivity index (χ2n) is 5.72. The fraction of sp³-hybridized carbons (Fsp3) is 0.111. The third-order valence-corrected chi connectivity index (χ3v) is 4.96. The quantitative estimate of drug-likeness (QED) is 0.410. The predicted molar refractivity (Wildman–Crippen MR) is 93.4 cm³/mol. The van der Waals surface area contributed by atoms with Gasteiger partial charge in [-0.25, -0.2) is 9.50 Å². The van der Waals surface area contributed by atoms with Gasteiger partial charge in [0.1, 0.15) is 0 Å². The van der Waals surface area contributed by atoms with E-state index in [4.69, 9.17) is 0 Å². The Kier molecular flexibility index (Phi) is 3.57. The zero-order chi connectivity index (χ0) is 17.8. The molecule has 2 aromatic carbocycles. The summed E-state index contributed by atoms with van der Waals surface area (Å²) in [7, 11) is 0. The zero-order valence-electron chi connectivity index (χ0n) is 13.0. The third kappa shape index (κ3) is 2.68. The van der Waals surface area contributed by atoms with Crippen LogP contribution in [0, 0.1) is 6.92 Å². The van der Waals surface area contributed by atoms with Crippen LogP contribution >= 0.6 is 15.9 Å². The minimum atomic E-state index is -4.54. The molecule has 25 heavy (non-hydrogen) atoms. The Morgan fingerprint density at radius 2 is 1.72 bits per heavy atom. The van der Waals surface area contributed by atoms with Gasteiger partial charge in [-0.05, 0) is 45.8 Å². The van der Waals surface area contributed by atoms with Crippen LogP contribution in [0.4, 0.5) is 13.2 Å². The van der Waals surface area contributed by atoms with Crippen LogP contribution < -0.4 is 0 Å². The highest BCUT2D eigenvalue weighted by molar-refractivity contribution is 9.10. The van der Waals surface area contributed by atoms with Crippen molar-refractivity contribution >= 4 is 32.3 Å². The molecule has 0 atom stereocenters. The lowest BCUT2D eigenvalue weighted by atomic mass is 10.0. The number of hydrogen-bond donors (Lipinski definition) is 0. The van der Waals surface area contributed by atoms with Crippen molar-refractivity contribution in [3.05, 3.63) is 64.4 Å². The first-order valence-electron chi connectivity index (χ1n) is 7.47. The smallest absolute Gasteiger partial charge is 0.227 e. The summed E-state index contributed by atoms with van der Waals surface area (Å²) in [6.45, 7) is 1.63. The van der Waals surface area contributed by atoms with Crippen LogP contribution in [0.15, 0.2) is 53.0 Å². The topological polar surface area (TPSA) is 30.2 Å². The van der Waals surface area contributed by atoms with Gasteiger partial charge in [-0.2, -0.15) is 18.3 Å². The van der Waals surface area contributed by atoms with Gasteiger partial charge < -0.3 is 0 Å². The van der Waals surface area contributed by atoms with Crippen LogP contribution in [-0.4, -0.2) is 14.6 Å². The monoisotopic (exact) mass is 405 g/mol. The van der Waals surface area contributed by atoms with E-state index in [1.54, 1.807) is 13.0 Å². The lowest BCUT2D eigenvalue weighted by molar-refractivity contribution is -0.142. The lowest BCUT2D eigenvalue weighted by Gasteiger charge is -2.11. The van der Waals surface area contributed by atoms with Gasteiger partial charge in [-0.3, -0.25) is 0 Å². The van der Waals surface area contributed by atoms with Gasteiger partial charge in [0.25, 0.3) is 0 Å². The molecule has 4 aromatic rings. The maximum absolute atomic E-state index is 13.5. The minimum absolute atomic E-state index is 0.149. The van der Waals surface area contributed by atoms with Crippen molar-refractivity contribution in [3.8, 4) is 11.3 Å². The predicted octanol–water partition coefficient (Wildman–Crippen LogP) is 5.64. The molecule has 3 nitrogen and oxygen atoms in total. The molecule has 126 valence electrons. The van der Waals surface area contributed by atoms with Crippen molar-refractivity contribution in [1.29, 1.82) is 0 Å². The maximum atomic E-state index is 13.5. The highest BCUT2D eigenvalue weighted by atomic mass is 79.9. The fourth-order valence-electron chi connectivity index (χ4n) is 2.80. The average molecular weight is 406 g/mol. The van der Waals surface area contributed by atoms with Crippen molar-refractivity contribution in [1.82, 2.24) is 14.6 Å². The maximum Gasteiger partial charge on any atom is 0.433 e. The van der Waals surface area contributed by atoms with E-state index in [1.807, 2.05) is 36.4 Å². The summed E-state index contributed by atoms with van der Waals surface area (Å²) in [5, 5.41) is 5.91. The Hall–Kier alpha value is -2.41. The summed E-state index contributed by atoms with van der Waals surface area (Å²) in [4.78, 5) is 4.40. The molecule has 0 saturated carbocycles. The van der Waals surface area contributed by atoms with Gasteiger partial charge in [-0.1, -0.05) is 36.4 Å². The largest absolute Gasteiger partial charge is 0.433 e. The summed E-state index contributed by atoms with van der Waals surface area (Å²) < 4.78 is 41.8. The van der Waals surface area contributed by atoms with Gasteiger partial charge in [-0.15, -0.1) is 0 Å². The Morgan fingerprint density at radius 1 is 1.00 bits per heavy atom. The van der Waals surface area contributed by atoms with E-state index >= 15 is 0 Å². The number of benzene rings is 2. The molecule has 0 unspecified atom stereocenters. The normalized spacial score (nSPS) is 12.2. The first kappa shape index (κ1) is 16.1. The number of aryl methyl sites for hydroxylation is 1. The molecule has 2 aromatic heterocycles. The molecule has 0 fully saturated rings. The Labute approximate surface area is 149 Å². The van der Waals surface area contributed by atoms with Crippen LogP contribution in [-0.2, 0) is 6.18 Å². The molecular formula is C18H11BrF3N3. The number of nitrogens with zero attached hydrogens (tertiary/aromatic N) is 3. The number of halogens is 4. The summed E-state index contributed by atoms with van der Waals surface area (Å²) in [6, 6.07) is 14.2. The van der Waals surface area contributed by atoms with Gasteiger partial charge in [0.2, 0.25) is 0 Å². The summed E-state index contributed by atoms with van der Waals surface area (Å²) >= 11 is 3.28. The molecule has 4 rings (SSSR count). The van der Waals surface area contributed by atoms with Crippen molar-refractivity contribution in [2.24, 2.45) is 0 Å². The van der Waals surface area contributed by atoms with Crippen molar-refractivity contribution in [3.63, 3.8) is 0 Å². The van der Waals surface area contributed by atoms with Crippen LogP contribution in [0.5, 0.6) is 0 Å². The van der Waals surface area contributed by atoms with Gasteiger partial charge in [0.15, 0.2) is 11.3 Å². The Balaban J connectivity index is 2.02. The number of rotatable bonds is 1. The highest BCUT2D eigenvalue weighted by Crippen LogP contribution is 2.35. The summed E-state index contributed by atoms with van der Waals surface area (Å²) in [5.41, 5.74) is 0.627. The molecule has 0 N–H and O–H groups in total. The molecule has 0 aliphatic heterocycles. The molecule has 2 heterocycles. The number of alkyl halides is 3. The van der Waals surface area contributed by atoms with E-state index in [2.05, 4.69) is 26.0 Å². The summed E-state index contributed by atoms with van der Waals surface area (Å²) in [5.74, 6) is 0. The average Bonchev–Trinajstić information content (AvgIpc) is 2.87. The minimum Gasteiger partial charge on any atom is -0.227 e. The highest BCUT2D eigenvalue weighted by Gasteiger charge is 2.35. The number of hydrogen-bond acceptors (Lipinski definition) is 2.